The van der Waals surface area contributed by atoms with Crippen LogP contribution in [0.1, 0.15) is 39.7 Å². The van der Waals surface area contributed by atoms with Gasteiger partial charge in [0, 0.05) is 19.5 Å². The Labute approximate surface area is 283 Å². The van der Waals surface area contributed by atoms with Crippen LogP contribution in [0, 0.1) is 12.3 Å². The van der Waals surface area contributed by atoms with Gasteiger partial charge in [-0.25, -0.2) is 23.9 Å². The van der Waals surface area contributed by atoms with Gasteiger partial charge < -0.3 is 24.0 Å². The SMILES string of the molecule is Cc1nc(N(C)C)c2ncn([C@@H]3O[C@](CCl)(CO[P@](=O)(N[C@H](C)C(=O)OCC(C)(C)C)Oc4cccc5ccccc45)[C@@H](O)[C@H]3F)c2n1. The minimum absolute atomic E-state index is 0.116. The molecule has 16 heteroatoms. The molecule has 4 aromatic rings. The summed E-state index contributed by atoms with van der Waals surface area (Å²) in [5, 5.41) is 15.3. The van der Waals surface area contributed by atoms with Crippen molar-refractivity contribution in [2.24, 2.45) is 5.41 Å². The van der Waals surface area contributed by atoms with Crippen LogP contribution in [0.5, 0.6) is 5.75 Å². The zero-order valence-electron chi connectivity index (χ0n) is 27.9. The lowest BCUT2D eigenvalue weighted by Crippen LogP contribution is -2.48. The van der Waals surface area contributed by atoms with E-state index in [-0.39, 0.29) is 23.4 Å². The van der Waals surface area contributed by atoms with E-state index in [0.29, 0.717) is 22.5 Å². The first-order valence-electron chi connectivity index (χ1n) is 15.4. The van der Waals surface area contributed by atoms with Crippen molar-refractivity contribution in [3.63, 3.8) is 0 Å². The predicted octanol–water partition coefficient (Wildman–Crippen LogP) is 5.33. The first-order chi connectivity index (χ1) is 22.6. The number of esters is 1. The Balaban J connectivity index is 1.44. The molecule has 5 rings (SSSR count). The highest BCUT2D eigenvalue weighted by molar-refractivity contribution is 7.52. The zero-order valence-corrected chi connectivity index (χ0v) is 29.5. The first-order valence-corrected chi connectivity index (χ1v) is 17.4. The second-order valence-electron chi connectivity index (χ2n) is 13.3. The maximum atomic E-state index is 16.0. The standard InChI is InChI=1S/C32H41ClFN6O7P/c1-19(30(42)44-16-31(3,4)5)38-48(43,47-23-14-10-12-21-11-8-9-13-22(21)23)45-17-32(15-33)26(41)24(34)29(46-32)40-18-35-25-27(39(6)7)36-20(2)37-28(25)40/h8-14,18-19,24,26,29,41H,15-17H2,1-7H3,(H,38,43)/t19-,24-,26+,29-,32-,48-/m1/s1. The van der Waals surface area contributed by atoms with Crippen molar-refractivity contribution in [2.75, 3.05) is 38.1 Å². The number of benzene rings is 2. The number of aliphatic hydroxyl groups is 1. The van der Waals surface area contributed by atoms with Gasteiger partial charge in [0.05, 0.1) is 25.4 Å². The van der Waals surface area contributed by atoms with Crippen LogP contribution in [0.3, 0.4) is 0 Å². The van der Waals surface area contributed by atoms with Crippen LogP contribution >= 0.6 is 19.3 Å². The van der Waals surface area contributed by atoms with Crippen LogP contribution in [-0.2, 0) is 23.4 Å². The molecule has 3 heterocycles. The lowest BCUT2D eigenvalue weighted by atomic mass is 9.99. The number of hydrogen-bond acceptors (Lipinski definition) is 11. The summed E-state index contributed by atoms with van der Waals surface area (Å²) in [6, 6.07) is 11.3. The van der Waals surface area contributed by atoms with E-state index in [1.54, 1.807) is 50.2 Å². The molecule has 0 aliphatic carbocycles. The van der Waals surface area contributed by atoms with Crippen molar-refractivity contribution >= 4 is 53.1 Å². The third-order valence-electron chi connectivity index (χ3n) is 7.71. The van der Waals surface area contributed by atoms with Gasteiger partial charge in [-0.1, -0.05) is 57.2 Å². The number of nitrogens with zero attached hydrogens (tertiary/aromatic N) is 5. The predicted molar refractivity (Wildman–Crippen MR) is 180 cm³/mol. The third kappa shape index (κ3) is 7.44. The molecule has 0 radical (unpaired) electrons. The Kier molecular flexibility index (Phi) is 10.4. The minimum Gasteiger partial charge on any atom is -0.464 e. The molecule has 48 heavy (non-hydrogen) atoms. The van der Waals surface area contributed by atoms with Crippen molar-refractivity contribution in [3.8, 4) is 5.75 Å². The smallest absolute Gasteiger partial charge is 0.459 e. The molecular formula is C32H41ClFN6O7P. The molecule has 1 saturated heterocycles. The van der Waals surface area contributed by atoms with Crippen molar-refractivity contribution in [1.29, 1.82) is 0 Å². The number of fused-ring (bicyclic) bond motifs is 2. The summed E-state index contributed by atoms with van der Waals surface area (Å²) in [6.07, 6.45) is -3.91. The maximum absolute atomic E-state index is 16.0. The Morgan fingerprint density at radius 3 is 2.62 bits per heavy atom. The van der Waals surface area contributed by atoms with E-state index in [0.717, 1.165) is 5.39 Å². The summed E-state index contributed by atoms with van der Waals surface area (Å²) in [7, 11) is -0.899. The maximum Gasteiger partial charge on any atom is 0.459 e. The van der Waals surface area contributed by atoms with E-state index in [9.17, 15) is 14.5 Å². The summed E-state index contributed by atoms with van der Waals surface area (Å²) in [4.78, 5) is 27.9. The summed E-state index contributed by atoms with van der Waals surface area (Å²) in [6.45, 7) is 8.29. The number of aryl methyl sites for hydroxylation is 1. The highest BCUT2D eigenvalue weighted by Gasteiger charge is 2.57. The molecule has 1 aliphatic heterocycles. The molecule has 0 bridgehead atoms. The molecule has 1 fully saturated rings. The minimum atomic E-state index is -4.49. The number of rotatable bonds is 12. The lowest BCUT2D eigenvalue weighted by Gasteiger charge is -2.32. The van der Waals surface area contributed by atoms with E-state index in [2.05, 4.69) is 20.0 Å². The molecule has 0 unspecified atom stereocenters. The highest BCUT2D eigenvalue weighted by atomic mass is 35.5. The second kappa shape index (κ2) is 13.9. The van der Waals surface area contributed by atoms with Gasteiger partial charge in [0.25, 0.3) is 0 Å². The second-order valence-corrected chi connectivity index (χ2v) is 15.2. The summed E-state index contributed by atoms with van der Waals surface area (Å²) >= 11 is 6.36. The number of carbonyl (C=O) groups excluding carboxylic acids is 1. The molecular weight excluding hydrogens is 666 g/mol. The van der Waals surface area contributed by atoms with Crippen LogP contribution in [0.15, 0.2) is 48.8 Å². The van der Waals surface area contributed by atoms with E-state index < -0.39 is 56.3 Å². The quantitative estimate of drug-likeness (QED) is 0.111. The Morgan fingerprint density at radius 1 is 1.23 bits per heavy atom. The number of imidazole rings is 1. The zero-order chi connectivity index (χ0) is 35.0. The fourth-order valence-corrected chi connectivity index (χ4v) is 7.06. The van der Waals surface area contributed by atoms with E-state index in [1.165, 1.54) is 17.8 Å². The first kappa shape index (κ1) is 35.9. The van der Waals surface area contributed by atoms with Crippen molar-refractivity contribution in [3.05, 3.63) is 54.6 Å². The Morgan fingerprint density at radius 2 is 1.94 bits per heavy atom. The van der Waals surface area contributed by atoms with E-state index in [1.807, 2.05) is 39.0 Å². The van der Waals surface area contributed by atoms with Gasteiger partial charge in [-0.15, -0.1) is 11.6 Å². The van der Waals surface area contributed by atoms with Crippen LogP contribution in [0.4, 0.5) is 10.2 Å². The van der Waals surface area contributed by atoms with Gasteiger partial charge in [0.2, 0.25) is 0 Å². The topological polar surface area (TPSA) is 150 Å². The molecule has 2 N–H and O–H groups in total. The van der Waals surface area contributed by atoms with Gasteiger partial charge in [0.15, 0.2) is 29.4 Å². The number of nitrogens with one attached hydrogen (secondary N) is 1. The summed E-state index contributed by atoms with van der Waals surface area (Å²) in [5.41, 5.74) is -1.52. The molecule has 1 aliphatic rings. The van der Waals surface area contributed by atoms with Crippen LogP contribution in [0.2, 0.25) is 0 Å². The van der Waals surface area contributed by atoms with Gasteiger partial charge in [-0.3, -0.25) is 13.9 Å². The van der Waals surface area contributed by atoms with Gasteiger partial charge >= 0.3 is 13.7 Å². The Hall–Kier alpha value is -3.39. The van der Waals surface area contributed by atoms with Crippen molar-refractivity contribution in [2.45, 2.75) is 64.8 Å². The normalized spacial score (nSPS) is 23.2. The molecule has 260 valence electrons. The van der Waals surface area contributed by atoms with E-state index >= 15 is 4.39 Å². The number of halogens is 2. The average molecular weight is 707 g/mol. The number of alkyl halides is 2. The fraction of sp³-hybridized carbons (Fsp3) is 0.500. The fourth-order valence-electron chi connectivity index (χ4n) is 5.20. The number of aliphatic hydroxyl groups excluding tert-OH is 1. The van der Waals surface area contributed by atoms with Crippen LogP contribution in [-0.4, -0.2) is 87.7 Å². The molecule has 0 amide bonds. The molecule has 2 aromatic heterocycles. The lowest BCUT2D eigenvalue weighted by molar-refractivity contribution is -0.148. The van der Waals surface area contributed by atoms with Gasteiger partial charge in [-0.2, -0.15) is 5.09 Å². The molecule has 6 atom stereocenters. The third-order valence-corrected chi connectivity index (χ3v) is 9.77. The van der Waals surface area contributed by atoms with Gasteiger partial charge in [0.1, 0.15) is 29.3 Å². The number of aromatic nitrogens is 4. The molecule has 2 aromatic carbocycles. The molecule has 0 spiro atoms. The van der Waals surface area contributed by atoms with Gasteiger partial charge in [-0.05, 0) is 30.7 Å². The Bertz CT molecular complexity index is 1830. The monoisotopic (exact) mass is 706 g/mol. The largest absolute Gasteiger partial charge is 0.464 e. The molecule has 13 nitrogen and oxygen atoms in total. The van der Waals surface area contributed by atoms with E-state index in [4.69, 9.17) is 30.1 Å². The average Bonchev–Trinajstić information content (AvgIpc) is 3.56. The van der Waals surface area contributed by atoms with Crippen LogP contribution in [0.25, 0.3) is 21.9 Å². The van der Waals surface area contributed by atoms with Crippen molar-refractivity contribution < 1.29 is 37.4 Å². The molecule has 0 saturated carbocycles. The summed E-state index contributed by atoms with van der Waals surface area (Å²) in [5.74, 6) is -0.00681. The summed E-state index contributed by atoms with van der Waals surface area (Å²) < 4.78 is 55.3. The number of ether oxygens (including phenoxy) is 2. The highest BCUT2D eigenvalue weighted by Crippen LogP contribution is 2.50. The van der Waals surface area contributed by atoms with Crippen molar-refractivity contribution in [1.82, 2.24) is 24.6 Å². The van der Waals surface area contributed by atoms with Crippen LogP contribution < -0.4 is 14.5 Å². The number of anilines is 1. The number of hydrogen-bond donors (Lipinski definition) is 2. The number of carbonyl (C=O) groups is 1.